The minimum absolute atomic E-state index is 0.0754. The maximum absolute atomic E-state index is 13.3. The summed E-state index contributed by atoms with van der Waals surface area (Å²) in [6, 6.07) is 4.71. The van der Waals surface area contributed by atoms with E-state index in [4.69, 9.17) is 22.1 Å². The number of halogens is 2. The summed E-state index contributed by atoms with van der Waals surface area (Å²) in [5.41, 5.74) is 6.86. The summed E-state index contributed by atoms with van der Waals surface area (Å²) in [6.45, 7) is 1.54. The van der Waals surface area contributed by atoms with Crippen LogP contribution in [-0.2, 0) is 9.53 Å². The predicted octanol–water partition coefficient (Wildman–Crippen LogP) is 2.90. The fourth-order valence-electron chi connectivity index (χ4n) is 3.46. The molecule has 1 saturated heterocycles. The number of rotatable bonds is 3. The molecular formula is C17H22ClFN2O2. The minimum atomic E-state index is -0.450. The molecule has 1 aromatic rings. The maximum atomic E-state index is 13.3. The molecule has 1 aromatic carbocycles. The van der Waals surface area contributed by atoms with Crippen LogP contribution in [0.25, 0.3) is 0 Å². The lowest BCUT2D eigenvalue weighted by atomic mass is 9.99. The molecule has 6 heteroatoms. The number of nitrogens with zero attached hydrogens (tertiary/aromatic N) is 1. The van der Waals surface area contributed by atoms with E-state index >= 15 is 0 Å². The van der Waals surface area contributed by atoms with Gasteiger partial charge in [0, 0.05) is 19.0 Å². The second-order valence-corrected chi connectivity index (χ2v) is 6.84. The summed E-state index contributed by atoms with van der Waals surface area (Å²) in [6.07, 6.45) is 3.41. The normalized spacial score (nSPS) is 28.1. The highest BCUT2D eigenvalue weighted by molar-refractivity contribution is 6.30. The zero-order valence-electron chi connectivity index (χ0n) is 13.0. The summed E-state index contributed by atoms with van der Waals surface area (Å²) in [5, 5.41) is 0.0754. The van der Waals surface area contributed by atoms with Gasteiger partial charge in [-0.3, -0.25) is 4.79 Å². The van der Waals surface area contributed by atoms with Gasteiger partial charge in [-0.2, -0.15) is 0 Å². The van der Waals surface area contributed by atoms with Gasteiger partial charge in [0.15, 0.2) is 0 Å². The van der Waals surface area contributed by atoms with E-state index in [-0.39, 0.29) is 23.1 Å². The Balaban J connectivity index is 1.63. The zero-order valence-corrected chi connectivity index (χ0v) is 13.8. The molecule has 1 heterocycles. The molecular weight excluding hydrogens is 319 g/mol. The fourth-order valence-corrected chi connectivity index (χ4v) is 3.65. The standard InChI is InChI=1S/C17H22ClFN2O2/c18-13-8-12(4-5-14(13)19)16-10-21(6-7-23-16)17(22)9-11-2-1-3-15(11)20/h4-5,8,11,15-16H,1-3,6-7,9-10,20H2/t11-,15+,16?/m0/s1. The van der Waals surface area contributed by atoms with Crippen LogP contribution in [0.15, 0.2) is 18.2 Å². The van der Waals surface area contributed by atoms with E-state index in [1.54, 1.807) is 12.1 Å². The van der Waals surface area contributed by atoms with E-state index in [9.17, 15) is 9.18 Å². The van der Waals surface area contributed by atoms with Crippen LogP contribution in [0.5, 0.6) is 0 Å². The first-order valence-corrected chi connectivity index (χ1v) is 8.52. The van der Waals surface area contributed by atoms with Crippen LogP contribution in [-0.4, -0.2) is 36.5 Å². The lowest BCUT2D eigenvalue weighted by Gasteiger charge is -2.34. The van der Waals surface area contributed by atoms with Crippen molar-refractivity contribution in [2.24, 2.45) is 11.7 Å². The molecule has 2 fully saturated rings. The molecule has 0 radical (unpaired) electrons. The average molecular weight is 341 g/mol. The topological polar surface area (TPSA) is 55.6 Å². The van der Waals surface area contributed by atoms with Crippen molar-refractivity contribution in [1.82, 2.24) is 4.90 Å². The first-order chi connectivity index (χ1) is 11.0. The Bertz CT molecular complexity index is 584. The smallest absolute Gasteiger partial charge is 0.223 e. The number of carbonyl (C=O) groups excluding carboxylic acids is 1. The average Bonchev–Trinajstić information content (AvgIpc) is 2.95. The Morgan fingerprint density at radius 1 is 1.43 bits per heavy atom. The van der Waals surface area contributed by atoms with Crippen LogP contribution in [0, 0.1) is 11.7 Å². The Hall–Kier alpha value is -1.17. The Morgan fingerprint density at radius 2 is 2.26 bits per heavy atom. The van der Waals surface area contributed by atoms with E-state index in [2.05, 4.69) is 0 Å². The SMILES string of the molecule is N[C@@H]1CCC[C@H]1CC(=O)N1CCOC(c2ccc(F)c(Cl)c2)C1. The van der Waals surface area contributed by atoms with Crippen molar-refractivity contribution in [2.45, 2.75) is 37.8 Å². The molecule has 2 N–H and O–H groups in total. The largest absolute Gasteiger partial charge is 0.370 e. The third kappa shape index (κ3) is 3.84. The fraction of sp³-hybridized carbons (Fsp3) is 0.588. The number of hydrogen-bond donors (Lipinski definition) is 1. The lowest BCUT2D eigenvalue weighted by Crippen LogP contribution is -2.43. The number of benzene rings is 1. The van der Waals surface area contributed by atoms with Gasteiger partial charge >= 0.3 is 0 Å². The second kappa shape index (κ2) is 7.16. The molecule has 0 bridgehead atoms. The Labute approximate surface area is 140 Å². The van der Waals surface area contributed by atoms with E-state index in [0.29, 0.717) is 32.0 Å². The summed E-state index contributed by atoms with van der Waals surface area (Å²) >= 11 is 5.84. The molecule has 1 saturated carbocycles. The first kappa shape index (κ1) is 16.7. The van der Waals surface area contributed by atoms with Gasteiger partial charge in [-0.25, -0.2) is 4.39 Å². The van der Waals surface area contributed by atoms with Gasteiger partial charge in [-0.15, -0.1) is 0 Å². The van der Waals surface area contributed by atoms with Crippen molar-refractivity contribution in [3.05, 3.63) is 34.6 Å². The summed E-state index contributed by atoms with van der Waals surface area (Å²) in [5.74, 6) is -0.0210. The van der Waals surface area contributed by atoms with Gasteiger partial charge in [0.2, 0.25) is 5.91 Å². The van der Waals surface area contributed by atoms with Gasteiger partial charge in [0.05, 0.1) is 18.2 Å². The number of morpholine rings is 1. The lowest BCUT2D eigenvalue weighted by molar-refractivity contribution is -0.140. The summed E-state index contributed by atoms with van der Waals surface area (Å²) in [4.78, 5) is 14.4. The Morgan fingerprint density at radius 3 is 2.96 bits per heavy atom. The van der Waals surface area contributed by atoms with E-state index in [1.165, 1.54) is 6.07 Å². The van der Waals surface area contributed by atoms with Crippen molar-refractivity contribution < 1.29 is 13.9 Å². The van der Waals surface area contributed by atoms with Gasteiger partial charge in [-0.1, -0.05) is 24.1 Å². The molecule has 1 unspecified atom stereocenters. The van der Waals surface area contributed by atoms with Gasteiger partial charge in [-0.05, 0) is 36.5 Å². The number of ether oxygens (including phenoxy) is 1. The van der Waals surface area contributed by atoms with Crippen molar-refractivity contribution in [2.75, 3.05) is 19.7 Å². The Kier molecular flexibility index (Phi) is 5.19. The minimum Gasteiger partial charge on any atom is -0.370 e. The third-order valence-electron chi connectivity index (χ3n) is 4.89. The quantitative estimate of drug-likeness (QED) is 0.920. The molecule has 0 aromatic heterocycles. The predicted molar refractivity (Wildman–Crippen MR) is 86.6 cm³/mol. The molecule has 126 valence electrons. The van der Waals surface area contributed by atoms with Crippen molar-refractivity contribution in [3.63, 3.8) is 0 Å². The molecule has 3 rings (SSSR count). The molecule has 23 heavy (non-hydrogen) atoms. The molecule has 2 aliphatic rings. The molecule has 1 aliphatic heterocycles. The number of carbonyl (C=O) groups is 1. The van der Waals surface area contributed by atoms with Crippen LogP contribution in [0.3, 0.4) is 0 Å². The molecule has 1 aliphatic carbocycles. The maximum Gasteiger partial charge on any atom is 0.223 e. The molecule has 0 spiro atoms. The zero-order chi connectivity index (χ0) is 16.4. The van der Waals surface area contributed by atoms with Crippen molar-refractivity contribution >= 4 is 17.5 Å². The van der Waals surface area contributed by atoms with Crippen LogP contribution < -0.4 is 5.73 Å². The highest BCUT2D eigenvalue weighted by Crippen LogP contribution is 2.30. The van der Waals surface area contributed by atoms with Crippen molar-refractivity contribution in [3.8, 4) is 0 Å². The highest BCUT2D eigenvalue weighted by Gasteiger charge is 2.31. The summed E-state index contributed by atoms with van der Waals surface area (Å²) in [7, 11) is 0. The van der Waals surface area contributed by atoms with Crippen molar-refractivity contribution in [1.29, 1.82) is 0 Å². The van der Waals surface area contributed by atoms with Gasteiger partial charge in [0.1, 0.15) is 11.9 Å². The van der Waals surface area contributed by atoms with Crippen LogP contribution in [0.4, 0.5) is 4.39 Å². The van der Waals surface area contributed by atoms with Gasteiger partial charge < -0.3 is 15.4 Å². The molecule has 1 amide bonds. The van der Waals surface area contributed by atoms with E-state index < -0.39 is 5.82 Å². The van der Waals surface area contributed by atoms with Crippen LogP contribution in [0.2, 0.25) is 5.02 Å². The number of hydrogen-bond acceptors (Lipinski definition) is 3. The van der Waals surface area contributed by atoms with Gasteiger partial charge in [0.25, 0.3) is 0 Å². The number of nitrogens with two attached hydrogens (primary N) is 1. The van der Waals surface area contributed by atoms with E-state index in [1.807, 2.05) is 4.90 Å². The first-order valence-electron chi connectivity index (χ1n) is 8.14. The molecule has 4 nitrogen and oxygen atoms in total. The molecule has 3 atom stereocenters. The second-order valence-electron chi connectivity index (χ2n) is 6.43. The third-order valence-corrected chi connectivity index (χ3v) is 5.18. The van der Waals surface area contributed by atoms with E-state index in [0.717, 1.165) is 24.8 Å². The van der Waals surface area contributed by atoms with Crippen LogP contribution in [0.1, 0.15) is 37.4 Å². The number of amides is 1. The monoisotopic (exact) mass is 340 g/mol. The highest BCUT2D eigenvalue weighted by atomic mass is 35.5. The summed E-state index contributed by atoms with van der Waals surface area (Å²) < 4.78 is 19.0. The van der Waals surface area contributed by atoms with Crippen LogP contribution >= 0.6 is 11.6 Å².